The fourth-order valence-electron chi connectivity index (χ4n) is 2.17. The number of rotatable bonds is 6. The van der Waals surface area contributed by atoms with Gasteiger partial charge in [-0.2, -0.15) is 5.10 Å². The number of hydrogen-bond donors (Lipinski definition) is 2. The molecule has 0 aliphatic carbocycles. The number of carbonyl (C=O) groups excluding carboxylic acids is 1. The molecular formula is C14H16N8O2S. The van der Waals surface area contributed by atoms with Gasteiger partial charge in [-0.05, 0) is 17.5 Å². The van der Waals surface area contributed by atoms with E-state index in [4.69, 9.17) is 0 Å². The monoisotopic (exact) mass is 360 g/mol. The zero-order valence-corrected chi connectivity index (χ0v) is 14.4. The Balaban J connectivity index is 1.68. The Kier molecular flexibility index (Phi) is 4.93. The van der Waals surface area contributed by atoms with Gasteiger partial charge in [0.15, 0.2) is 0 Å². The summed E-state index contributed by atoms with van der Waals surface area (Å²) in [5, 5.41) is 10.7. The number of nitrogens with zero attached hydrogens (tertiary/aromatic N) is 6. The summed E-state index contributed by atoms with van der Waals surface area (Å²) in [5.74, 6) is 0.108. The molecule has 0 saturated heterocycles. The molecule has 0 aliphatic heterocycles. The van der Waals surface area contributed by atoms with Crippen LogP contribution in [0.2, 0.25) is 0 Å². The van der Waals surface area contributed by atoms with Crippen LogP contribution < -0.4 is 10.9 Å². The van der Waals surface area contributed by atoms with Crippen molar-refractivity contribution >= 4 is 17.4 Å². The molecule has 3 rings (SSSR count). The first-order chi connectivity index (χ1) is 12.0. The van der Waals surface area contributed by atoms with Gasteiger partial charge in [-0.15, -0.1) is 5.10 Å². The number of nitrogens with one attached hydrogen (secondary N) is 2. The van der Waals surface area contributed by atoms with Crippen molar-refractivity contribution < 1.29 is 4.79 Å². The number of carbonyl (C=O) groups is 1. The van der Waals surface area contributed by atoms with E-state index in [-0.39, 0.29) is 24.6 Å². The van der Waals surface area contributed by atoms with E-state index >= 15 is 0 Å². The summed E-state index contributed by atoms with van der Waals surface area (Å²) in [6.07, 6.45) is 4.16. The van der Waals surface area contributed by atoms with Crippen LogP contribution in [-0.4, -0.2) is 40.2 Å². The molecule has 0 atom stereocenters. The number of hydrogen-bond acceptors (Lipinski definition) is 8. The zero-order valence-electron chi connectivity index (χ0n) is 13.6. The Hall–Kier alpha value is -2.95. The van der Waals surface area contributed by atoms with Crippen LogP contribution in [0.3, 0.4) is 0 Å². The highest BCUT2D eigenvalue weighted by Gasteiger charge is 2.15. The summed E-state index contributed by atoms with van der Waals surface area (Å²) in [7, 11) is 0. The molecule has 3 aromatic heterocycles. The Bertz CT molecular complexity index is 915. The average molecular weight is 360 g/mol. The van der Waals surface area contributed by atoms with Gasteiger partial charge in [0.2, 0.25) is 0 Å². The molecule has 1 amide bonds. The topological polar surface area (TPSA) is 131 Å². The minimum absolute atomic E-state index is 0.0501. The number of aromatic amines is 1. The molecule has 0 bridgehead atoms. The summed E-state index contributed by atoms with van der Waals surface area (Å²) < 4.78 is 5.42. The molecule has 0 spiro atoms. The molecule has 0 aromatic carbocycles. The predicted octanol–water partition coefficient (Wildman–Crippen LogP) is 0.315. The van der Waals surface area contributed by atoms with Gasteiger partial charge in [-0.25, -0.2) is 14.6 Å². The second kappa shape index (κ2) is 7.30. The zero-order chi connectivity index (χ0) is 17.8. The average Bonchev–Trinajstić information content (AvgIpc) is 3.24. The number of aromatic nitrogens is 7. The molecule has 25 heavy (non-hydrogen) atoms. The third-order valence-electron chi connectivity index (χ3n) is 3.42. The molecule has 0 unspecified atom stereocenters. The second-order valence-corrected chi connectivity index (χ2v) is 6.42. The largest absolute Gasteiger partial charge is 0.347 e. The normalized spacial score (nSPS) is 11.0. The number of H-pyrrole nitrogens is 1. The van der Waals surface area contributed by atoms with Gasteiger partial charge in [-0.3, -0.25) is 9.59 Å². The highest BCUT2D eigenvalue weighted by molar-refractivity contribution is 7.05. The summed E-state index contributed by atoms with van der Waals surface area (Å²) in [6, 6.07) is 0. The summed E-state index contributed by atoms with van der Waals surface area (Å²) >= 11 is 1.23. The SMILES string of the molecule is CC(C)c1nnsc1CNC(=O)c1cnc(Cn2cncn2)[nH]c1=O. The minimum Gasteiger partial charge on any atom is -0.347 e. The molecule has 0 fully saturated rings. The molecular weight excluding hydrogens is 344 g/mol. The molecule has 0 saturated carbocycles. The lowest BCUT2D eigenvalue weighted by molar-refractivity contribution is 0.0949. The molecule has 11 heteroatoms. The Morgan fingerprint density at radius 3 is 2.96 bits per heavy atom. The minimum atomic E-state index is -0.505. The lowest BCUT2D eigenvalue weighted by atomic mass is 10.1. The molecule has 130 valence electrons. The van der Waals surface area contributed by atoms with Crippen LogP contribution in [0.5, 0.6) is 0 Å². The summed E-state index contributed by atoms with van der Waals surface area (Å²) in [5.41, 5.74) is 0.292. The quantitative estimate of drug-likeness (QED) is 0.647. The van der Waals surface area contributed by atoms with E-state index in [0.717, 1.165) is 10.6 Å². The predicted molar refractivity (Wildman–Crippen MR) is 89.1 cm³/mol. The van der Waals surface area contributed by atoms with Gasteiger partial charge in [0, 0.05) is 6.20 Å². The van der Waals surface area contributed by atoms with Gasteiger partial charge in [0.25, 0.3) is 11.5 Å². The van der Waals surface area contributed by atoms with Gasteiger partial charge in [-0.1, -0.05) is 18.3 Å². The van der Waals surface area contributed by atoms with Crippen LogP contribution in [0.25, 0.3) is 0 Å². The van der Waals surface area contributed by atoms with Crippen molar-refractivity contribution in [1.82, 2.24) is 39.6 Å². The number of amides is 1. The maximum Gasteiger partial charge on any atom is 0.263 e. The fraction of sp³-hybridized carbons (Fsp3) is 0.357. The van der Waals surface area contributed by atoms with Gasteiger partial charge >= 0.3 is 0 Å². The highest BCUT2D eigenvalue weighted by atomic mass is 32.1. The van der Waals surface area contributed by atoms with E-state index < -0.39 is 11.5 Å². The van der Waals surface area contributed by atoms with E-state index in [2.05, 4.69) is 35.0 Å². The molecule has 3 heterocycles. The van der Waals surface area contributed by atoms with E-state index in [0.29, 0.717) is 5.82 Å². The van der Waals surface area contributed by atoms with Crippen molar-refractivity contribution in [3.63, 3.8) is 0 Å². The maximum absolute atomic E-state index is 12.2. The lowest BCUT2D eigenvalue weighted by Crippen LogP contribution is -2.30. The first kappa shape index (κ1) is 16.9. The Labute approximate surface area is 146 Å². The van der Waals surface area contributed by atoms with Crippen LogP contribution in [0.1, 0.15) is 46.5 Å². The standard InChI is InChI=1S/C14H16N8O2S/c1-8(2)12-10(25-21-20-12)4-17-13(23)9-3-16-11(19-14(9)24)5-22-7-15-6-18-22/h3,6-8H,4-5H2,1-2H3,(H,17,23)(H,16,19,24). The molecule has 0 radical (unpaired) electrons. The van der Waals surface area contributed by atoms with Crippen molar-refractivity contribution in [1.29, 1.82) is 0 Å². The first-order valence-electron chi connectivity index (χ1n) is 7.54. The second-order valence-electron chi connectivity index (χ2n) is 5.58. The highest BCUT2D eigenvalue weighted by Crippen LogP contribution is 2.19. The first-order valence-corrected chi connectivity index (χ1v) is 8.32. The van der Waals surface area contributed by atoms with Crippen molar-refractivity contribution in [2.75, 3.05) is 0 Å². The molecule has 10 nitrogen and oxygen atoms in total. The van der Waals surface area contributed by atoms with Crippen LogP contribution in [-0.2, 0) is 13.1 Å². The smallest absolute Gasteiger partial charge is 0.263 e. The third kappa shape index (κ3) is 3.94. The summed E-state index contributed by atoms with van der Waals surface area (Å²) in [4.78, 5) is 35.7. The fourth-order valence-corrected chi connectivity index (χ4v) is 2.91. The van der Waals surface area contributed by atoms with Crippen LogP contribution in [0.15, 0.2) is 23.6 Å². The van der Waals surface area contributed by atoms with Crippen molar-refractivity contribution in [3.8, 4) is 0 Å². The lowest BCUT2D eigenvalue weighted by Gasteiger charge is -2.06. The summed E-state index contributed by atoms with van der Waals surface area (Å²) in [6.45, 7) is 4.54. The van der Waals surface area contributed by atoms with E-state index in [1.165, 1.54) is 35.1 Å². The molecule has 0 aliphatic rings. The van der Waals surface area contributed by atoms with Crippen LogP contribution in [0.4, 0.5) is 0 Å². The Morgan fingerprint density at radius 1 is 1.44 bits per heavy atom. The van der Waals surface area contributed by atoms with Crippen LogP contribution >= 0.6 is 11.5 Å². The van der Waals surface area contributed by atoms with Crippen molar-refractivity contribution in [2.24, 2.45) is 0 Å². The molecule has 2 N–H and O–H groups in total. The van der Waals surface area contributed by atoms with Crippen molar-refractivity contribution in [2.45, 2.75) is 32.9 Å². The van der Waals surface area contributed by atoms with E-state index in [1.54, 1.807) is 0 Å². The van der Waals surface area contributed by atoms with Gasteiger partial charge in [0.05, 0.1) is 17.1 Å². The van der Waals surface area contributed by atoms with Gasteiger partial charge < -0.3 is 10.3 Å². The maximum atomic E-state index is 12.2. The van der Waals surface area contributed by atoms with Gasteiger partial charge in [0.1, 0.15) is 30.6 Å². The van der Waals surface area contributed by atoms with Crippen LogP contribution in [0, 0.1) is 0 Å². The molecule has 3 aromatic rings. The third-order valence-corrected chi connectivity index (χ3v) is 4.15. The Morgan fingerprint density at radius 2 is 2.28 bits per heavy atom. The van der Waals surface area contributed by atoms with Crippen molar-refractivity contribution in [3.05, 3.63) is 51.2 Å². The van der Waals surface area contributed by atoms with E-state index in [1.807, 2.05) is 13.8 Å². The van der Waals surface area contributed by atoms with E-state index in [9.17, 15) is 9.59 Å².